The average molecular weight is 511 g/mol. The largest absolute Gasteiger partial charge is 0.399 e. The molecule has 2 saturated heterocycles. The third kappa shape index (κ3) is 8.10. The summed E-state index contributed by atoms with van der Waals surface area (Å²) in [6.45, 7) is 17.0. The van der Waals surface area contributed by atoms with E-state index in [0.717, 1.165) is 58.5 Å². The van der Waals surface area contributed by atoms with E-state index in [1.165, 1.54) is 11.6 Å². The maximum absolute atomic E-state index is 12.1. The van der Waals surface area contributed by atoms with Gasteiger partial charge in [0.2, 0.25) is 0 Å². The maximum atomic E-state index is 12.1. The highest BCUT2D eigenvalue weighted by molar-refractivity contribution is 7.08. The van der Waals surface area contributed by atoms with Crippen molar-refractivity contribution in [3.8, 4) is 0 Å². The minimum absolute atomic E-state index is 0.167. The first-order chi connectivity index (χ1) is 15.7. The minimum Gasteiger partial charge on any atom is -0.399 e. The molecule has 3 rings (SSSR count). The van der Waals surface area contributed by atoms with Crippen molar-refractivity contribution in [2.75, 3.05) is 39.6 Å². The zero-order valence-corrected chi connectivity index (χ0v) is 24.6. The van der Waals surface area contributed by atoms with E-state index < -0.39 is 24.9 Å². The number of hydrogen-bond donors (Lipinski definition) is 1. The second-order valence-corrected chi connectivity index (χ2v) is 25.2. The molecule has 5 nitrogen and oxygen atoms in total. The van der Waals surface area contributed by atoms with Crippen LogP contribution in [0.1, 0.15) is 19.3 Å². The summed E-state index contributed by atoms with van der Waals surface area (Å²) in [7, 11) is -5.05. The Labute approximate surface area is 204 Å². The summed E-state index contributed by atoms with van der Waals surface area (Å²) >= 11 is 0. The molecule has 0 radical (unpaired) electrons. The Morgan fingerprint density at radius 2 is 1.52 bits per heavy atom. The molecule has 2 fully saturated rings. The first kappa shape index (κ1) is 27.3. The monoisotopic (exact) mass is 510 g/mol. The molecule has 4 unspecified atom stereocenters. The second-order valence-electron chi connectivity index (χ2n) is 11.2. The summed E-state index contributed by atoms with van der Waals surface area (Å²) in [5, 5.41) is 14.1. The van der Waals surface area contributed by atoms with Crippen LogP contribution in [0.5, 0.6) is 0 Å². The van der Waals surface area contributed by atoms with Crippen molar-refractivity contribution in [2.24, 2.45) is 0 Å². The smallest absolute Gasteiger partial charge is 0.112 e. The molecule has 1 N–H and O–H groups in total. The van der Waals surface area contributed by atoms with Crippen LogP contribution in [-0.2, 0) is 18.9 Å². The van der Waals surface area contributed by atoms with E-state index in [9.17, 15) is 5.11 Å². The van der Waals surface area contributed by atoms with Gasteiger partial charge in [0.1, 0.15) is 20.3 Å². The molecule has 2 aliphatic rings. The molecule has 0 amide bonds. The third-order valence-corrected chi connectivity index (χ3v) is 25.4. The minimum atomic E-state index is -2.16. The third-order valence-electron chi connectivity index (χ3n) is 7.60. The van der Waals surface area contributed by atoms with Crippen molar-refractivity contribution in [3.05, 3.63) is 30.3 Å². The lowest BCUT2D eigenvalue weighted by Gasteiger charge is -2.47. The van der Waals surface area contributed by atoms with Crippen molar-refractivity contribution < 1.29 is 24.1 Å². The summed E-state index contributed by atoms with van der Waals surface area (Å²) < 4.78 is 22.2. The van der Waals surface area contributed by atoms with Crippen LogP contribution in [0.2, 0.25) is 43.9 Å². The normalized spacial score (nSPS) is 23.8. The summed E-state index contributed by atoms with van der Waals surface area (Å²) in [5.74, 6) is 0. The van der Waals surface area contributed by atoms with E-state index in [1.807, 2.05) is 0 Å². The highest BCUT2D eigenvalue weighted by Crippen LogP contribution is 2.37. The average Bonchev–Trinajstić information content (AvgIpc) is 3.71. The fourth-order valence-electron chi connectivity index (χ4n) is 5.44. The highest BCUT2D eigenvalue weighted by Gasteiger charge is 2.51. The van der Waals surface area contributed by atoms with Crippen molar-refractivity contribution in [1.29, 1.82) is 0 Å². The quantitative estimate of drug-likeness (QED) is 0.197. The molecule has 5 atom stereocenters. The highest BCUT2D eigenvalue weighted by atomic mass is 28.4. The predicted octanol–water partition coefficient (Wildman–Crippen LogP) is 3.52. The van der Waals surface area contributed by atoms with Crippen LogP contribution in [-0.4, -0.2) is 87.3 Å². The Kier molecular flexibility index (Phi) is 10.4. The van der Waals surface area contributed by atoms with Crippen molar-refractivity contribution in [2.45, 2.75) is 80.8 Å². The number of rotatable bonds is 17. The van der Waals surface area contributed by atoms with Gasteiger partial charge in [-0.1, -0.05) is 80.7 Å². The number of benzene rings is 1. The molecular weight excluding hydrogens is 465 g/mol. The zero-order valence-electron chi connectivity index (χ0n) is 21.4. The summed E-state index contributed by atoms with van der Waals surface area (Å²) in [4.78, 5) is 0. The van der Waals surface area contributed by atoms with Gasteiger partial charge in [-0.25, -0.2) is 0 Å². The first-order valence-corrected chi connectivity index (χ1v) is 21.8. The van der Waals surface area contributed by atoms with Gasteiger partial charge in [0, 0.05) is 27.4 Å². The molecule has 0 saturated carbocycles. The first-order valence-electron chi connectivity index (χ1n) is 12.9. The van der Waals surface area contributed by atoms with Gasteiger partial charge in [-0.15, -0.1) is 0 Å². The fourth-order valence-corrected chi connectivity index (χ4v) is 25.8. The summed E-state index contributed by atoms with van der Waals surface area (Å²) in [6.07, 6.45) is 3.93. The van der Waals surface area contributed by atoms with E-state index in [2.05, 4.69) is 63.1 Å². The molecular formula is C25H46O5Si3. The second kappa shape index (κ2) is 12.6. The molecule has 0 spiro atoms. The van der Waals surface area contributed by atoms with Gasteiger partial charge in [-0.05, 0) is 18.0 Å². The van der Waals surface area contributed by atoms with E-state index >= 15 is 0 Å². The molecule has 8 heteroatoms. The number of hydrogen-bond acceptors (Lipinski definition) is 5. The molecule has 2 heterocycles. The number of aliphatic hydroxyl groups excluding tert-OH is 1. The van der Waals surface area contributed by atoms with E-state index in [4.69, 9.17) is 18.9 Å². The Morgan fingerprint density at radius 1 is 0.970 bits per heavy atom. The molecule has 188 valence electrons. The van der Waals surface area contributed by atoms with Crippen molar-refractivity contribution in [1.82, 2.24) is 0 Å². The van der Waals surface area contributed by atoms with Crippen LogP contribution in [0, 0.1) is 0 Å². The van der Waals surface area contributed by atoms with Crippen molar-refractivity contribution >= 4 is 30.1 Å². The standard InChI is InChI=1S/C25H46O5Si3/c1-31(2)24(13-9-14-27-17-21-19-29-21)33(5,23-11-7-6-8-12-23)25(26)32(3,4)16-10-15-28-18-22-20-30-22/h6-8,11-12,21-22,24-26,31H,9-10,13-20H2,1-5H3/t21?,22?,24-,25?,33?/m0/s1. The zero-order chi connectivity index (χ0) is 23.9. The van der Waals surface area contributed by atoms with Crippen LogP contribution in [0.15, 0.2) is 30.3 Å². The molecule has 2 aliphatic heterocycles. The molecule has 0 aromatic heterocycles. The van der Waals surface area contributed by atoms with Gasteiger partial charge in [0.25, 0.3) is 0 Å². The predicted molar refractivity (Wildman–Crippen MR) is 144 cm³/mol. The lowest BCUT2D eigenvalue weighted by atomic mass is 10.3. The van der Waals surface area contributed by atoms with E-state index in [0.29, 0.717) is 17.4 Å². The number of ether oxygens (including phenoxy) is 4. The van der Waals surface area contributed by atoms with Gasteiger partial charge in [0.15, 0.2) is 0 Å². The molecule has 0 aliphatic carbocycles. The number of epoxide rings is 2. The van der Waals surface area contributed by atoms with Gasteiger partial charge in [-0.3, -0.25) is 0 Å². The van der Waals surface area contributed by atoms with Crippen LogP contribution >= 0.6 is 0 Å². The Balaban J connectivity index is 1.67. The lowest BCUT2D eigenvalue weighted by Crippen LogP contribution is -2.68. The maximum Gasteiger partial charge on any atom is 0.112 e. The van der Waals surface area contributed by atoms with Gasteiger partial charge >= 0.3 is 0 Å². The van der Waals surface area contributed by atoms with Gasteiger partial charge < -0.3 is 24.1 Å². The number of aliphatic hydroxyl groups is 1. The van der Waals surface area contributed by atoms with Crippen LogP contribution in [0.4, 0.5) is 0 Å². The Morgan fingerprint density at radius 3 is 2.03 bits per heavy atom. The van der Waals surface area contributed by atoms with Gasteiger partial charge in [-0.2, -0.15) is 0 Å². The SMILES string of the molecule is C[SiH](C)[C@H](CCCOCC1CO1)[Si](C)(c1ccccc1)C(O)[Si](C)(C)CCCOCC1CO1. The molecule has 0 bridgehead atoms. The van der Waals surface area contributed by atoms with Crippen LogP contribution in [0.3, 0.4) is 0 Å². The summed E-state index contributed by atoms with van der Waals surface area (Å²) in [6, 6.07) is 12.1. The van der Waals surface area contributed by atoms with Crippen LogP contribution < -0.4 is 5.19 Å². The summed E-state index contributed by atoms with van der Waals surface area (Å²) in [5.41, 5.74) is 0. The van der Waals surface area contributed by atoms with Crippen molar-refractivity contribution in [3.63, 3.8) is 0 Å². The topological polar surface area (TPSA) is 63.8 Å². The van der Waals surface area contributed by atoms with Gasteiger partial charge in [0.05, 0.1) is 34.5 Å². The Bertz CT molecular complexity index is 697. The van der Waals surface area contributed by atoms with E-state index in [-0.39, 0.29) is 5.35 Å². The van der Waals surface area contributed by atoms with Crippen LogP contribution in [0.25, 0.3) is 0 Å². The molecule has 1 aromatic carbocycles. The lowest BCUT2D eigenvalue weighted by molar-refractivity contribution is 0.113. The molecule has 1 aromatic rings. The fraction of sp³-hybridized carbons (Fsp3) is 0.760. The van der Waals surface area contributed by atoms with E-state index in [1.54, 1.807) is 0 Å². The molecule has 33 heavy (non-hydrogen) atoms. The Hall–Kier alpha value is -0.329.